The molecule has 3 nitrogen and oxygen atoms in total. The Morgan fingerprint density at radius 2 is 1.52 bits per heavy atom. The van der Waals surface area contributed by atoms with Crippen molar-refractivity contribution in [3.63, 3.8) is 0 Å². The standard InChI is InChI=1S/C18H22N2O/c1-3-7-16(8-4-1)15-18(17-9-5-2-6-10-17)19-20-11-13-21-14-12-20/h1-10,18-19H,11-15H2. The van der Waals surface area contributed by atoms with Gasteiger partial charge in [-0.25, -0.2) is 10.4 Å². The van der Waals surface area contributed by atoms with Gasteiger partial charge in [0.1, 0.15) is 0 Å². The minimum absolute atomic E-state index is 0.298. The SMILES string of the molecule is c1ccc(CC(NN2CCOCC2)c2ccccc2)cc1. The molecule has 1 saturated heterocycles. The van der Waals surface area contributed by atoms with Crippen LogP contribution in [0.4, 0.5) is 0 Å². The summed E-state index contributed by atoms with van der Waals surface area (Å²) in [4.78, 5) is 0. The Labute approximate surface area is 126 Å². The fourth-order valence-electron chi connectivity index (χ4n) is 2.69. The molecule has 2 aromatic carbocycles. The van der Waals surface area contributed by atoms with Gasteiger partial charge in [-0.2, -0.15) is 0 Å². The number of nitrogens with zero attached hydrogens (tertiary/aromatic N) is 1. The van der Waals surface area contributed by atoms with Crippen LogP contribution in [-0.4, -0.2) is 31.3 Å². The maximum atomic E-state index is 5.42. The molecule has 0 aromatic heterocycles. The van der Waals surface area contributed by atoms with Crippen LogP contribution in [0.1, 0.15) is 17.2 Å². The first-order chi connectivity index (χ1) is 10.4. The summed E-state index contributed by atoms with van der Waals surface area (Å²) in [5.41, 5.74) is 6.35. The molecule has 0 spiro atoms. The van der Waals surface area contributed by atoms with Crippen LogP contribution in [0.25, 0.3) is 0 Å². The van der Waals surface area contributed by atoms with Crippen molar-refractivity contribution in [1.82, 2.24) is 10.4 Å². The lowest BCUT2D eigenvalue weighted by molar-refractivity contribution is 0.00333. The summed E-state index contributed by atoms with van der Waals surface area (Å²) < 4.78 is 5.42. The number of hydrazine groups is 1. The van der Waals surface area contributed by atoms with Crippen LogP contribution in [0, 0.1) is 0 Å². The van der Waals surface area contributed by atoms with Crippen LogP contribution in [0.3, 0.4) is 0 Å². The zero-order chi connectivity index (χ0) is 14.3. The predicted octanol–water partition coefficient (Wildman–Crippen LogP) is 2.81. The van der Waals surface area contributed by atoms with Gasteiger partial charge >= 0.3 is 0 Å². The molecule has 1 aliphatic heterocycles. The Morgan fingerprint density at radius 1 is 0.905 bits per heavy atom. The third-order valence-electron chi connectivity index (χ3n) is 3.83. The maximum Gasteiger partial charge on any atom is 0.0608 e. The highest BCUT2D eigenvalue weighted by Crippen LogP contribution is 2.19. The quantitative estimate of drug-likeness (QED) is 0.912. The zero-order valence-corrected chi connectivity index (χ0v) is 12.2. The van der Waals surface area contributed by atoms with Crippen molar-refractivity contribution in [2.75, 3.05) is 26.3 Å². The van der Waals surface area contributed by atoms with Gasteiger partial charge in [-0.05, 0) is 17.5 Å². The predicted molar refractivity (Wildman–Crippen MR) is 84.9 cm³/mol. The van der Waals surface area contributed by atoms with Crippen molar-refractivity contribution in [2.45, 2.75) is 12.5 Å². The van der Waals surface area contributed by atoms with E-state index in [1.54, 1.807) is 0 Å². The van der Waals surface area contributed by atoms with E-state index in [1.165, 1.54) is 11.1 Å². The molecule has 2 aromatic rings. The smallest absolute Gasteiger partial charge is 0.0608 e. The first-order valence-electron chi connectivity index (χ1n) is 7.59. The monoisotopic (exact) mass is 282 g/mol. The molecule has 1 N–H and O–H groups in total. The Kier molecular flexibility index (Phi) is 5.00. The number of ether oxygens (including phenoxy) is 1. The van der Waals surface area contributed by atoms with E-state index in [9.17, 15) is 0 Å². The summed E-state index contributed by atoms with van der Waals surface area (Å²) in [7, 11) is 0. The molecule has 3 heteroatoms. The Hall–Kier alpha value is -1.68. The van der Waals surface area contributed by atoms with Gasteiger partial charge in [0.15, 0.2) is 0 Å². The number of rotatable bonds is 5. The lowest BCUT2D eigenvalue weighted by Crippen LogP contribution is -2.47. The Balaban J connectivity index is 1.74. The number of benzene rings is 2. The average molecular weight is 282 g/mol. The molecule has 1 heterocycles. The summed E-state index contributed by atoms with van der Waals surface area (Å²) in [6.07, 6.45) is 0.988. The third-order valence-corrected chi connectivity index (χ3v) is 3.83. The second kappa shape index (κ2) is 7.36. The van der Waals surface area contributed by atoms with Crippen molar-refractivity contribution in [3.05, 3.63) is 71.8 Å². The van der Waals surface area contributed by atoms with Crippen LogP contribution < -0.4 is 5.43 Å². The minimum Gasteiger partial charge on any atom is -0.379 e. The van der Waals surface area contributed by atoms with Gasteiger partial charge in [0.05, 0.1) is 19.3 Å². The van der Waals surface area contributed by atoms with Crippen LogP contribution in [0.5, 0.6) is 0 Å². The molecular formula is C18H22N2O. The van der Waals surface area contributed by atoms with E-state index in [-0.39, 0.29) is 0 Å². The largest absolute Gasteiger partial charge is 0.379 e. The van der Waals surface area contributed by atoms with Crippen LogP contribution >= 0.6 is 0 Å². The van der Waals surface area contributed by atoms with Crippen molar-refractivity contribution < 1.29 is 4.74 Å². The Bertz CT molecular complexity index is 523. The van der Waals surface area contributed by atoms with E-state index in [2.05, 4.69) is 71.1 Å². The van der Waals surface area contributed by atoms with Crippen molar-refractivity contribution in [1.29, 1.82) is 0 Å². The van der Waals surface area contributed by atoms with E-state index < -0.39 is 0 Å². The van der Waals surface area contributed by atoms with Crippen molar-refractivity contribution >= 4 is 0 Å². The molecule has 3 rings (SSSR count). The zero-order valence-electron chi connectivity index (χ0n) is 12.2. The number of nitrogens with one attached hydrogen (secondary N) is 1. The lowest BCUT2D eigenvalue weighted by Gasteiger charge is -2.32. The Morgan fingerprint density at radius 3 is 2.19 bits per heavy atom. The fourth-order valence-corrected chi connectivity index (χ4v) is 2.69. The summed E-state index contributed by atoms with van der Waals surface area (Å²) in [5, 5.41) is 2.28. The number of hydrogen-bond acceptors (Lipinski definition) is 3. The van der Waals surface area contributed by atoms with Crippen LogP contribution in [0.2, 0.25) is 0 Å². The lowest BCUT2D eigenvalue weighted by atomic mass is 9.99. The highest BCUT2D eigenvalue weighted by molar-refractivity contribution is 5.23. The van der Waals surface area contributed by atoms with Gasteiger partial charge in [0.25, 0.3) is 0 Å². The first-order valence-corrected chi connectivity index (χ1v) is 7.59. The molecule has 110 valence electrons. The van der Waals surface area contributed by atoms with Crippen molar-refractivity contribution in [3.8, 4) is 0 Å². The van der Waals surface area contributed by atoms with Gasteiger partial charge in [-0.1, -0.05) is 60.7 Å². The van der Waals surface area contributed by atoms with E-state index in [0.717, 1.165) is 32.7 Å². The number of morpholine rings is 1. The highest BCUT2D eigenvalue weighted by atomic mass is 16.5. The molecule has 1 atom stereocenters. The minimum atomic E-state index is 0.298. The van der Waals surface area contributed by atoms with E-state index >= 15 is 0 Å². The highest BCUT2D eigenvalue weighted by Gasteiger charge is 2.17. The molecule has 0 bridgehead atoms. The summed E-state index contributed by atoms with van der Waals surface area (Å²) in [5.74, 6) is 0. The second-order valence-corrected chi connectivity index (χ2v) is 5.38. The van der Waals surface area contributed by atoms with E-state index in [1.807, 2.05) is 0 Å². The summed E-state index contributed by atoms with van der Waals surface area (Å²) >= 11 is 0. The second-order valence-electron chi connectivity index (χ2n) is 5.38. The van der Waals surface area contributed by atoms with Gasteiger partial charge in [0.2, 0.25) is 0 Å². The molecule has 0 radical (unpaired) electrons. The molecule has 1 unspecified atom stereocenters. The fraction of sp³-hybridized carbons (Fsp3) is 0.333. The van der Waals surface area contributed by atoms with Gasteiger partial charge in [-0.3, -0.25) is 0 Å². The molecule has 0 saturated carbocycles. The molecule has 0 amide bonds. The van der Waals surface area contributed by atoms with Crippen LogP contribution in [0.15, 0.2) is 60.7 Å². The molecule has 0 aliphatic carbocycles. The van der Waals surface area contributed by atoms with Gasteiger partial charge in [0, 0.05) is 13.1 Å². The topological polar surface area (TPSA) is 24.5 Å². The molecule has 21 heavy (non-hydrogen) atoms. The van der Waals surface area contributed by atoms with Crippen LogP contribution in [-0.2, 0) is 11.2 Å². The maximum absolute atomic E-state index is 5.42. The first kappa shape index (κ1) is 14.3. The summed E-state index contributed by atoms with van der Waals surface area (Å²) in [6, 6.07) is 21.6. The number of hydrogen-bond donors (Lipinski definition) is 1. The average Bonchev–Trinajstić information content (AvgIpc) is 2.57. The van der Waals surface area contributed by atoms with E-state index in [4.69, 9.17) is 4.74 Å². The molecule has 1 aliphatic rings. The van der Waals surface area contributed by atoms with Gasteiger partial charge in [-0.15, -0.1) is 0 Å². The normalized spacial score (nSPS) is 17.5. The third kappa shape index (κ3) is 4.14. The van der Waals surface area contributed by atoms with Gasteiger partial charge < -0.3 is 4.74 Å². The van der Waals surface area contributed by atoms with E-state index in [0.29, 0.717) is 6.04 Å². The molecular weight excluding hydrogens is 260 g/mol. The summed E-state index contributed by atoms with van der Waals surface area (Å²) in [6.45, 7) is 3.50. The molecule has 1 fully saturated rings. The van der Waals surface area contributed by atoms with Crippen molar-refractivity contribution in [2.24, 2.45) is 0 Å².